The lowest BCUT2D eigenvalue weighted by atomic mass is 10.0. The number of hydrogen-bond donors (Lipinski definition) is 3. The minimum absolute atomic E-state index is 0.135. The summed E-state index contributed by atoms with van der Waals surface area (Å²) in [7, 11) is 0. The Bertz CT molecular complexity index is 1100. The van der Waals surface area contributed by atoms with E-state index in [1.54, 1.807) is 6.20 Å². The molecule has 4 heteroatoms. The van der Waals surface area contributed by atoms with Gasteiger partial charge in [0, 0.05) is 34.7 Å². The number of benzene rings is 2. The first-order chi connectivity index (χ1) is 14.6. The van der Waals surface area contributed by atoms with Gasteiger partial charge in [-0.05, 0) is 66.6 Å². The molecular formula is C26H29N3O. The average Bonchev–Trinajstić information content (AvgIpc) is 3.18. The molecule has 3 N–H and O–H groups in total. The van der Waals surface area contributed by atoms with Crippen LogP contribution in [0.3, 0.4) is 0 Å². The van der Waals surface area contributed by atoms with Crippen molar-refractivity contribution in [3.05, 3.63) is 89.9 Å². The number of fused-ring (bicyclic) bond motifs is 1. The highest BCUT2D eigenvalue weighted by molar-refractivity contribution is 5.83. The second-order valence-electron chi connectivity index (χ2n) is 8.19. The summed E-state index contributed by atoms with van der Waals surface area (Å²) in [6, 6.07) is 20.9. The van der Waals surface area contributed by atoms with Crippen LogP contribution in [0.1, 0.15) is 43.2 Å². The highest BCUT2D eigenvalue weighted by Gasteiger charge is 2.13. The molecule has 2 aromatic heterocycles. The maximum absolute atomic E-state index is 10.2. The number of hydrogen-bond acceptors (Lipinski definition) is 3. The topological polar surface area (TPSA) is 60.9 Å². The zero-order valence-electron chi connectivity index (χ0n) is 17.6. The Labute approximate surface area is 178 Å². The minimum Gasteiger partial charge on any atom is -0.387 e. The number of nitrogens with zero attached hydrogens (tertiary/aromatic N) is 1. The van der Waals surface area contributed by atoms with Crippen LogP contribution in [0.25, 0.3) is 10.9 Å². The molecule has 4 aromatic rings. The number of aromatic nitrogens is 2. The number of aliphatic hydroxyl groups is 1. The van der Waals surface area contributed by atoms with Crippen LogP contribution in [-0.4, -0.2) is 15.1 Å². The third-order valence-electron chi connectivity index (χ3n) is 5.54. The zero-order chi connectivity index (χ0) is 20.9. The molecule has 0 spiro atoms. The monoisotopic (exact) mass is 399 g/mol. The highest BCUT2D eigenvalue weighted by Crippen LogP contribution is 2.24. The fourth-order valence-electron chi connectivity index (χ4n) is 3.77. The Morgan fingerprint density at radius 3 is 2.57 bits per heavy atom. The maximum Gasteiger partial charge on any atom is 0.0983 e. The summed E-state index contributed by atoms with van der Waals surface area (Å²) >= 11 is 0. The van der Waals surface area contributed by atoms with Gasteiger partial charge in [0.15, 0.2) is 0 Å². The first-order valence-electron chi connectivity index (χ1n) is 10.6. The molecule has 0 bridgehead atoms. The summed E-state index contributed by atoms with van der Waals surface area (Å²) in [4.78, 5) is 7.65. The highest BCUT2D eigenvalue weighted by atomic mass is 16.3. The van der Waals surface area contributed by atoms with Crippen LogP contribution >= 0.6 is 0 Å². The Morgan fingerprint density at radius 2 is 1.77 bits per heavy atom. The SMILES string of the molecule is CC(C)C(O)c1cc(Nc2ccc(CCCc3c[nH]c4ccccc34)cc2)ccn1. The van der Waals surface area contributed by atoms with Gasteiger partial charge in [-0.15, -0.1) is 0 Å². The molecular weight excluding hydrogens is 370 g/mol. The van der Waals surface area contributed by atoms with Crippen molar-refractivity contribution in [2.75, 3.05) is 5.32 Å². The molecule has 0 saturated heterocycles. The van der Waals surface area contributed by atoms with Crippen molar-refractivity contribution in [1.29, 1.82) is 0 Å². The van der Waals surface area contributed by atoms with E-state index >= 15 is 0 Å². The van der Waals surface area contributed by atoms with Gasteiger partial charge >= 0.3 is 0 Å². The molecule has 1 unspecified atom stereocenters. The van der Waals surface area contributed by atoms with Crippen molar-refractivity contribution < 1.29 is 5.11 Å². The van der Waals surface area contributed by atoms with Gasteiger partial charge in [-0.3, -0.25) is 4.98 Å². The third kappa shape index (κ3) is 4.71. The van der Waals surface area contributed by atoms with Crippen LogP contribution in [0.2, 0.25) is 0 Å². The third-order valence-corrected chi connectivity index (χ3v) is 5.54. The molecule has 4 rings (SSSR count). The number of para-hydroxylation sites is 1. The Balaban J connectivity index is 1.34. The molecule has 0 aliphatic heterocycles. The van der Waals surface area contributed by atoms with E-state index in [9.17, 15) is 5.11 Å². The lowest BCUT2D eigenvalue weighted by molar-refractivity contribution is 0.122. The van der Waals surface area contributed by atoms with Gasteiger partial charge in [-0.25, -0.2) is 0 Å². The number of pyridine rings is 1. The summed E-state index contributed by atoms with van der Waals surface area (Å²) in [6.45, 7) is 3.98. The molecule has 2 aromatic carbocycles. The molecule has 0 radical (unpaired) electrons. The van der Waals surface area contributed by atoms with Gasteiger partial charge in [-0.1, -0.05) is 44.2 Å². The molecule has 0 saturated carbocycles. The van der Waals surface area contributed by atoms with E-state index in [2.05, 4.69) is 70.0 Å². The van der Waals surface area contributed by atoms with E-state index < -0.39 is 6.10 Å². The Morgan fingerprint density at radius 1 is 0.967 bits per heavy atom. The van der Waals surface area contributed by atoms with Crippen LogP contribution in [0, 0.1) is 5.92 Å². The molecule has 30 heavy (non-hydrogen) atoms. The molecule has 0 aliphatic carbocycles. The van der Waals surface area contributed by atoms with E-state index in [1.807, 2.05) is 26.0 Å². The molecule has 4 nitrogen and oxygen atoms in total. The van der Waals surface area contributed by atoms with Crippen molar-refractivity contribution in [2.24, 2.45) is 5.92 Å². The Kier molecular flexibility index (Phi) is 6.15. The number of aromatic amines is 1. The lowest BCUT2D eigenvalue weighted by Gasteiger charge is -2.15. The van der Waals surface area contributed by atoms with Crippen molar-refractivity contribution in [3.8, 4) is 0 Å². The summed E-state index contributed by atoms with van der Waals surface area (Å²) < 4.78 is 0. The first kappa shape index (κ1) is 20.2. The van der Waals surface area contributed by atoms with Gasteiger partial charge in [0.25, 0.3) is 0 Å². The fraction of sp³-hybridized carbons (Fsp3) is 0.269. The number of anilines is 2. The number of H-pyrrole nitrogens is 1. The molecule has 0 amide bonds. The number of rotatable bonds is 8. The molecule has 2 heterocycles. The van der Waals surface area contributed by atoms with Crippen molar-refractivity contribution in [3.63, 3.8) is 0 Å². The molecule has 154 valence electrons. The summed E-state index contributed by atoms with van der Waals surface area (Å²) in [5, 5.41) is 15.0. The predicted molar refractivity (Wildman–Crippen MR) is 124 cm³/mol. The second kappa shape index (κ2) is 9.14. The second-order valence-corrected chi connectivity index (χ2v) is 8.19. The maximum atomic E-state index is 10.2. The quantitative estimate of drug-likeness (QED) is 0.332. The van der Waals surface area contributed by atoms with Crippen LogP contribution in [-0.2, 0) is 12.8 Å². The van der Waals surface area contributed by atoms with Gasteiger partial charge < -0.3 is 15.4 Å². The van der Waals surface area contributed by atoms with Crippen LogP contribution in [0.15, 0.2) is 73.1 Å². The van der Waals surface area contributed by atoms with E-state index in [0.717, 1.165) is 30.6 Å². The van der Waals surface area contributed by atoms with E-state index in [0.29, 0.717) is 5.69 Å². The van der Waals surface area contributed by atoms with E-state index in [-0.39, 0.29) is 5.92 Å². The van der Waals surface area contributed by atoms with Crippen LogP contribution in [0.4, 0.5) is 11.4 Å². The van der Waals surface area contributed by atoms with Gasteiger partial charge in [0.1, 0.15) is 0 Å². The predicted octanol–water partition coefficient (Wildman–Crippen LogP) is 6.17. The smallest absolute Gasteiger partial charge is 0.0983 e. The van der Waals surface area contributed by atoms with Gasteiger partial charge in [0.05, 0.1) is 11.8 Å². The van der Waals surface area contributed by atoms with Gasteiger partial charge in [-0.2, -0.15) is 0 Å². The Hall–Kier alpha value is -3.11. The lowest BCUT2D eigenvalue weighted by Crippen LogP contribution is -2.07. The van der Waals surface area contributed by atoms with Crippen LogP contribution < -0.4 is 5.32 Å². The average molecular weight is 400 g/mol. The zero-order valence-corrected chi connectivity index (χ0v) is 17.6. The number of aliphatic hydroxyl groups excluding tert-OH is 1. The first-order valence-corrected chi connectivity index (χ1v) is 10.6. The largest absolute Gasteiger partial charge is 0.387 e. The standard InChI is InChI=1S/C26H29N3O/c1-18(2)26(30)25-16-22(14-15-27-25)29-21-12-10-19(11-13-21)6-5-7-20-17-28-24-9-4-3-8-23(20)24/h3-4,8-18,26,28,30H,5-7H2,1-2H3,(H,27,29). The van der Waals surface area contributed by atoms with Gasteiger partial charge in [0.2, 0.25) is 0 Å². The summed E-state index contributed by atoms with van der Waals surface area (Å²) in [5.41, 5.74) is 6.61. The summed E-state index contributed by atoms with van der Waals surface area (Å²) in [5.74, 6) is 0.135. The molecule has 1 atom stereocenters. The van der Waals surface area contributed by atoms with E-state index in [1.165, 1.54) is 22.0 Å². The summed E-state index contributed by atoms with van der Waals surface area (Å²) in [6.07, 6.45) is 6.57. The van der Waals surface area contributed by atoms with Crippen LogP contribution in [0.5, 0.6) is 0 Å². The normalized spacial score (nSPS) is 12.4. The molecule has 0 aliphatic rings. The number of aryl methyl sites for hydroxylation is 2. The minimum atomic E-state index is -0.550. The van der Waals surface area contributed by atoms with Crippen molar-refractivity contribution in [1.82, 2.24) is 9.97 Å². The van der Waals surface area contributed by atoms with Crippen molar-refractivity contribution in [2.45, 2.75) is 39.2 Å². The van der Waals surface area contributed by atoms with Crippen molar-refractivity contribution >= 4 is 22.3 Å². The fourth-order valence-corrected chi connectivity index (χ4v) is 3.77. The van der Waals surface area contributed by atoms with E-state index in [4.69, 9.17) is 0 Å². The number of nitrogens with one attached hydrogen (secondary N) is 2. The molecule has 0 fully saturated rings.